The van der Waals surface area contributed by atoms with Crippen LogP contribution < -0.4 is 15.5 Å². The lowest BCUT2D eigenvalue weighted by Crippen LogP contribution is -2.56. The van der Waals surface area contributed by atoms with Gasteiger partial charge in [-0.15, -0.1) is 0 Å². The Balaban J connectivity index is 1.85. The van der Waals surface area contributed by atoms with E-state index in [0.717, 1.165) is 11.1 Å². The van der Waals surface area contributed by atoms with Crippen LogP contribution in [0.5, 0.6) is 0 Å². The average Bonchev–Trinajstić information content (AvgIpc) is 2.97. The van der Waals surface area contributed by atoms with Crippen LogP contribution in [0.15, 0.2) is 18.2 Å². The molecule has 2 aliphatic rings. The highest BCUT2D eigenvalue weighted by Gasteiger charge is 2.44. The van der Waals surface area contributed by atoms with Gasteiger partial charge in [-0.05, 0) is 36.3 Å². The largest absolute Gasteiger partial charge is 0.480 e. The van der Waals surface area contributed by atoms with Gasteiger partial charge in [0.15, 0.2) is 0 Å². The molecule has 0 fully saturated rings. The number of benzene rings is 1. The van der Waals surface area contributed by atoms with Crippen molar-refractivity contribution in [1.29, 1.82) is 0 Å². The van der Waals surface area contributed by atoms with Crippen molar-refractivity contribution in [1.82, 2.24) is 10.6 Å². The SMILES string of the molecule is CC(=O)N[C@@H](CC(C)C)C(=O)N[C@H]1CCc2cccc3c2N(C1=O)[C@H](C(=O)O)C3. The monoisotopic (exact) mass is 401 g/mol. The van der Waals surface area contributed by atoms with E-state index < -0.39 is 35.9 Å². The van der Waals surface area contributed by atoms with Crippen molar-refractivity contribution in [2.24, 2.45) is 5.92 Å². The normalized spacial score (nSPS) is 21.4. The van der Waals surface area contributed by atoms with Crippen LogP contribution in [0.4, 0.5) is 5.69 Å². The quantitative estimate of drug-likeness (QED) is 0.658. The lowest BCUT2D eigenvalue weighted by atomic mass is 10.00. The van der Waals surface area contributed by atoms with Crippen molar-refractivity contribution in [3.63, 3.8) is 0 Å². The standard InChI is InChI=1S/C21H27N3O5/c1-11(2)9-16(22-12(3)25)19(26)23-15-8-7-13-5-4-6-14-10-17(21(28)29)24(18(13)14)20(15)27/h4-6,11,15-17H,7-10H2,1-3H3,(H,22,25)(H,23,26)(H,28,29)/t15-,16-,17-/m0/s1. The average molecular weight is 401 g/mol. The number of hydrogen-bond acceptors (Lipinski definition) is 4. The first-order valence-electron chi connectivity index (χ1n) is 9.93. The summed E-state index contributed by atoms with van der Waals surface area (Å²) >= 11 is 0. The first kappa shape index (κ1) is 20.8. The molecule has 29 heavy (non-hydrogen) atoms. The Hall–Kier alpha value is -2.90. The van der Waals surface area contributed by atoms with Crippen molar-refractivity contribution in [3.8, 4) is 0 Å². The maximum atomic E-state index is 13.3. The second-order valence-electron chi connectivity index (χ2n) is 8.17. The topological polar surface area (TPSA) is 116 Å². The van der Waals surface area contributed by atoms with Crippen LogP contribution in [0.2, 0.25) is 0 Å². The zero-order valence-electron chi connectivity index (χ0n) is 16.9. The number of rotatable bonds is 6. The molecule has 3 atom stereocenters. The molecule has 8 heteroatoms. The predicted octanol–water partition coefficient (Wildman–Crippen LogP) is 1.01. The van der Waals surface area contributed by atoms with Crippen LogP contribution in [0.3, 0.4) is 0 Å². The molecule has 0 aliphatic carbocycles. The maximum Gasteiger partial charge on any atom is 0.327 e. The highest BCUT2D eigenvalue weighted by molar-refractivity contribution is 6.07. The van der Waals surface area contributed by atoms with Gasteiger partial charge in [-0.25, -0.2) is 4.79 Å². The molecule has 0 unspecified atom stereocenters. The number of para-hydroxylation sites is 1. The third-order valence-electron chi connectivity index (χ3n) is 5.41. The molecule has 0 bridgehead atoms. The smallest absolute Gasteiger partial charge is 0.327 e. The van der Waals surface area contributed by atoms with Gasteiger partial charge in [-0.1, -0.05) is 32.0 Å². The second kappa shape index (κ2) is 8.23. The van der Waals surface area contributed by atoms with Crippen molar-refractivity contribution in [2.75, 3.05) is 4.90 Å². The second-order valence-corrected chi connectivity index (χ2v) is 8.17. The van der Waals surface area contributed by atoms with E-state index in [1.54, 1.807) is 0 Å². The molecule has 8 nitrogen and oxygen atoms in total. The molecule has 1 aromatic rings. The first-order valence-corrected chi connectivity index (χ1v) is 9.93. The summed E-state index contributed by atoms with van der Waals surface area (Å²) in [6, 6.07) is 3.05. The Morgan fingerprint density at radius 2 is 1.93 bits per heavy atom. The van der Waals surface area contributed by atoms with E-state index in [-0.39, 0.29) is 18.2 Å². The van der Waals surface area contributed by atoms with Crippen LogP contribution in [0.1, 0.15) is 44.7 Å². The van der Waals surface area contributed by atoms with Gasteiger partial charge in [-0.3, -0.25) is 19.3 Å². The number of hydrogen-bond donors (Lipinski definition) is 3. The highest BCUT2D eigenvalue weighted by atomic mass is 16.4. The molecule has 3 N–H and O–H groups in total. The Morgan fingerprint density at radius 3 is 2.55 bits per heavy atom. The number of nitrogens with zero attached hydrogens (tertiary/aromatic N) is 1. The van der Waals surface area contributed by atoms with Gasteiger partial charge in [0.05, 0.1) is 5.69 Å². The van der Waals surface area contributed by atoms with Crippen LogP contribution >= 0.6 is 0 Å². The molecule has 0 radical (unpaired) electrons. The summed E-state index contributed by atoms with van der Waals surface area (Å²) in [6.45, 7) is 5.23. The molecule has 1 aromatic carbocycles. The molecule has 0 spiro atoms. The van der Waals surface area contributed by atoms with Crippen LogP contribution in [-0.4, -0.2) is 46.9 Å². The Kier molecular flexibility index (Phi) is 5.91. The van der Waals surface area contributed by atoms with Gasteiger partial charge < -0.3 is 15.7 Å². The van der Waals surface area contributed by atoms with E-state index in [9.17, 15) is 24.3 Å². The van der Waals surface area contributed by atoms with Gasteiger partial charge in [0.2, 0.25) is 17.7 Å². The van der Waals surface area contributed by atoms with Gasteiger partial charge in [0.25, 0.3) is 0 Å². The van der Waals surface area contributed by atoms with Crippen molar-refractivity contribution in [2.45, 2.75) is 64.6 Å². The van der Waals surface area contributed by atoms with Crippen LogP contribution in [-0.2, 0) is 32.0 Å². The number of carbonyl (C=O) groups excluding carboxylic acids is 3. The highest BCUT2D eigenvalue weighted by Crippen LogP contribution is 2.39. The summed E-state index contributed by atoms with van der Waals surface area (Å²) in [5.41, 5.74) is 2.42. The fraction of sp³-hybridized carbons (Fsp3) is 0.524. The molecule has 0 aromatic heterocycles. The molecule has 2 heterocycles. The number of carboxylic acids is 1. The maximum absolute atomic E-state index is 13.3. The number of aryl methyl sites for hydroxylation is 1. The Bertz CT molecular complexity index is 851. The predicted molar refractivity (Wildman–Crippen MR) is 106 cm³/mol. The Labute approximate surface area is 169 Å². The van der Waals surface area contributed by atoms with E-state index in [0.29, 0.717) is 24.9 Å². The summed E-state index contributed by atoms with van der Waals surface area (Å²) in [6.07, 6.45) is 1.63. The van der Waals surface area contributed by atoms with E-state index in [1.807, 2.05) is 32.0 Å². The molecule has 156 valence electrons. The number of amides is 3. The third kappa shape index (κ3) is 4.26. The van der Waals surface area contributed by atoms with E-state index in [2.05, 4.69) is 10.6 Å². The molecular formula is C21H27N3O5. The fourth-order valence-corrected chi connectivity index (χ4v) is 4.18. The summed E-state index contributed by atoms with van der Waals surface area (Å²) in [5.74, 6) is -2.06. The molecule has 3 rings (SSSR count). The first-order chi connectivity index (χ1) is 13.7. The third-order valence-corrected chi connectivity index (χ3v) is 5.41. The number of aliphatic carboxylic acids is 1. The summed E-state index contributed by atoms with van der Waals surface area (Å²) < 4.78 is 0. The van der Waals surface area contributed by atoms with E-state index >= 15 is 0 Å². The minimum atomic E-state index is -1.07. The number of carbonyl (C=O) groups is 4. The number of nitrogens with one attached hydrogen (secondary N) is 2. The zero-order chi connectivity index (χ0) is 21.3. The van der Waals surface area contributed by atoms with Gasteiger partial charge in [0, 0.05) is 13.3 Å². The zero-order valence-corrected chi connectivity index (χ0v) is 16.9. The number of anilines is 1. The molecule has 0 saturated heterocycles. The van der Waals surface area contributed by atoms with E-state index in [4.69, 9.17) is 0 Å². The minimum absolute atomic E-state index is 0.171. The van der Waals surface area contributed by atoms with Crippen molar-refractivity contribution < 1.29 is 24.3 Å². The summed E-state index contributed by atoms with van der Waals surface area (Å²) in [7, 11) is 0. The van der Waals surface area contributed by atoms with E-state index in [1.165, 1.54) is 11.8 Å². The lowest BCUT2D eigenvalue weighted by Gasteiger charge is -2.27. The van der Waals surface area contributed by atoms with Crippen molar-refractivity contribution in [3.05, 3.63) is 29.3 Å². The molecular weight excluding hydrogens is 374 g/mol. The Morgan fingerprint density at radius 1 is 1.24 bits per heavy atom. The summed E-state index contributed by atoms with van der Waals surface area (Å²) in [4.78, 5) is 50.7. The summed E-state index contributed by atoms with van der Waals surface area (Å²) in [5, 5.41) is 15.0. The molecule has 0 saturated carbocycles. The van der Waals surface area contributed by atoms with Gasteiger partial charge in [-0.2, -0.15) is 0 Å². The minimum Gasteiger partial charge on any atom is -0.480 e. The van der Waals surface area contributed by atoms with Crippen molar-refractivity contribution >= 4 is 29.4 Å². The fourth-order valence-electron chi connectivity index (χ4n) is 4.18. The molecule has 3 amide bonds. The molecule has 2 aliphatic heterocycles. The lowest BCUT2D eigenvalue weighted by molar-refractivity contribution is -0.140. The number of carboxylic acid groups (broad SMARTS) is 1. The van der Waals surface area contributed by atoms with Gasteiger partial charge in [0.1, 0.15) is 18.1 Å². The van der Waals surface area contributed by atoms with Crippen LogP contribution in [0.25, 0.3) is 0 Å². The van der Waals surface area contributed by atoms with Crippen LogP contribution in [0, 0.1) is 5.92 Å². The van der Waals surface area contributed by atoms with Gasteiger partial charge >= 0.3 is 5.97 Å².